The molecule has 0 heterocycles. The van der Waals surface area contributed by atoms with E-state index in [0.29, 0.717) is 5.82 Å². The first-order valence-electron chi connectivity index (χ1n) is 9.40. The number of ether oxygens (including phenoxy) is 1. The molecule has 0 saturated carbocycles. The summed E-state index contributed by atoms with van der Waals surface area (Å²) in [7, 11) is 1.77. The molecule has 1 aromatic rings. The third-order valence-electron chi connectivity index (χ3n) is 4.82. The van der Waals surface area contributed by atoms with Crippen LogP contribution in [-0.2, 0) is 0 Å². The normalized spacial score (nSPS) is 12.2. The van der Waals surface area contributed by atoms with E-state index in [0.717, 1.165) is 12.5 Å². The fraction of sp³-hybridized carbons (Fsp3) is 0.700. The van der Waals surface area contributed by atoms with Gasteiger partial charge in [0.1, 0.15) is 12.5 Å². The molecule has 1 nitrogen and oxygen atoms in total. The molecule has 0 aliphatic rings. The summed E-state index contributed by atoms with van der Waals surface area (Å²) in [6.45, 7) is 7.75. The van der Waals surface area contributed by atoms with Crippen molar-refractivity contribution in [2.45, 2.75) is 84.2 Å². The molecular formula is C20H35BO. The van der Waals surface area contributed by atoms with Crippen molar-refractivity contribution in [3.63, 3.8) is 0 Å². The zero-order chi connectivity index (χ0) is 16.2. The summed E-state index contributed by atoms with van der Waals surface area (Å²) < 4.78 is 5.45. The smallest absolute Gasteiger partial charge is 0.148 e. The minimum absolute atomic E-state index is 0.702. The zero-order valence-electron chi connectivity index (χ0n) is 15.2. The topological polar surface area (TPSA) is 9.23 Å². The highest BCUT2D eigenvalue weighted by molar-refractivity contribution is 6.60. The van der Waals surface area contributed by atoms with Crippen LogP contribution in [0.25, 0.3) is 0 Å². The molecule has 124 valence electrons. The van der Waals surface area contributed by atoms with Crippen molar-refractivity contribution in [1.82, 2.24) is 0 Å². The van der Waals surface area contributed by atoms with Gasteiger partial charge >= 0.3 is 0 Å². The second kappa shape index (κ2) is 11.6. The Hall–Kier alpha value is -0.915. The summed E-state index contributed by atoms with van der Waals surface area (Å²) in [4.78, 5) is 0. The van der Waals surface area contributed by atoms with E-state index >= 15 is 0 Å². The first-order chi connectivity index (χ1) is 10.8. The monoisotopic (exact) mass is 302 g/mol. The SMILES string of the molecule is CCCCB(CCCC)C(CCCC)c1cccc(OC)c1. The lowest BCUT2D eigenvalue weighted by Gasteiger charge is -2.26. The standard InChI is InChI=1S/C20H35BO/c1-5-8-14-20(18-12-11-13-19(17-18)22-4)21(15-9-6-2)16-10-7-3/h11-13,17,20H,5-10,14-16H2,1-4H3. The van der Waals surface area contributed by atoms with Gasteiger partial charge in [0.15, 0.2) is 0 Å². The molecule has 0 N–H and O–H groups in total. The molecule has 1 atom stereocenters. The lowest BCUT2D eigenvalue weighted by molar-refractivity contribution is 0.414. The van der Waals surface area contributed by atoms with Gasteiger partial charge in [-0.3, -0.25) is 0 Å². The Bertz CT molecular complexity index is 383. The van der Waals surface area contributed by atoms with Gasteiger partial charge in [0.05, 0.1) is 7.11 Å². The van der Waals surface area contributed by atoms with E-state index in [1.165, 1.54) is 63.1 Å². The third-order valence-corrected chi connectivity index (χ3v) is 4.82. The highest BCUT2D eigenvalue weighted by Gasteiger charge is 2.25. The van der Waals surface area contributed by atoms with Gasteiger partial charge in [-0.15, -0.1) is 0 Å². The van der Waals surface area contributed by atoms with Gasteiger partial charge in [-0.2, -0.15) is 0 Å². The Kier molecular flexibility index (Phi) is 10.1. The van der Waals surface area contributed by atoms with Crippen molar-refractivity contribution in [1.29, 1.82) is 0 Å². The fourth-order valence-corrected chi connectivity index (χ4v) is 3.45. The van der Waals surface area contributed by atoms with Crippen LogP contribution >= 0.6 is 0 Å². The van der Waals surface area contributed by atoms with Gasteiger partial charge in [-0.1, -0.05) is 90.5 Å². The number of methoxy groups -OCH3 is 1. The highest BCUT2D eigenvalue weighted by atomic mass is 16.5. The third kappa shape index (κ3) is 6.46. The Morgan fingerprint density at radius 3 is 2.14 bits per heavy atom. The van der Waals surface area contributed by atoms with E-state index in [4.69, 9.17) is 4.74 Å². The molecule has 0 bridgehead atoms. The average molecular weight is 302 g/mol. The molecule has 0 amide bonds. The number of benzene rings is 1. The van der Waals surface area contributed by atoms with E-state index in [2.05, 4.69) is 45.0 Å². The number of hydrogen-bond acceptors (Lipinski definition) is 1. The minimum atomic E-state index is 0.702. The van der Waals surface area contributed by atoms with Crippen LogP contribution in [0.3, 0.4) is 0 Å². The van der Waals surface area contributed by atoms with Crippen LogP contribution in [0.15, 0.2) is 24.3 Å². The lowest BCUT2D eigenvalue weighted by Crippen LogP contribution is -2.24. The molecule has 0 spiro atoms. The zero-order valence-corrected chi connectivity index (χ0v) is 15.2. The first-order valence-corrected chi connectivity index (χ1v) is 9.40. The molecule has 0 fully saturated rings. The van der Waals surface area contributed by atoms with Gasteiger partial charge < -0.3 is 4.74 Å². The Morgan fingerprint density at radius 2 is 1.59 bits per heavy atom. The van der Waals surface area contributed by atoms with E-state index < -0.39 is 0 Å². The molecule has 1 unspecified atom stereocenters. The molecule has 0 saturated heterocycles. The van der Waals surface area contributed by atoms with Crippen LogP contribution in [0, 0.1) is 0 Å². The second-order valence-corrected chi connectivity index (χ2v) is 6.57. The van der Waals surface area contributed by atoms with Crippen molar-refractivity contribution in [2.75, 3.05) is 7.11 Å². The van der Waals surface area contributed by atoms with Gasteiger partial charge in [-0.25, -0.2) is 0 Å². The molecule has 0 aliphatic heterocycles. The lowest BCUT2D eigenvalue weighted by atomic mass is 9.34. The summed E-state index contributed by atoms with van der Waals surface area (Å²) in [6, 6.07) is 8.80. The second-order valence-electron chi connectivity index (χ2n) is 6.57. The van der Waals surface area contributed by atoms with Crippen LogP contribution in [0.4, 0.5) is 0 Å². The number of unbranched alkanes of at least 4 members (excludes halogenated alkanes) is 3. The molecule has 0 aliphatic carbocycles. The van der Waals surface area contributed by atoms with Crippen molar-refractivity contribution in [3.05, 3.63) is 29.8 Å². The van der Waals surface area contributed by atoms with Crippen molar-refractivity contribution in [3.8, 4) is 5.75 Å². The summed E-state index contributed by atoms with van der Waals surface area (Å²) in [5.41, 5.74) is 1.49. The average Bonchev–Trinajstić information content (AvgIpc) is 2.57. The summed E-state index contributed by atoms with van der Waals surface area (Å²) in [5, 5.41) is 0. The van der Waals surface area contributed by atoms with Crippen LogP contribution < -0.4 is 4.74 Å². The van der Waals surface area contributed by atoms with E-state index in [1.807, 2.05) is 0 Å². The van der Waals surface area contributed by atoms with Gasteiger partial charge in [0, 0.05) is 0 Å². The summed E-state index contributed by atoms with van der Waals surface area (Å²) in [6.07, 6.45) is 12.0. The quantitative estimate of drug-likeness (QED) is 0.395. The maximum atomic E-state index is 5.45. The molecule has 0 radical (unpaired) electrons. The first kappa shape index (κ1) is 19.1. The molecule has 1 aromatic carbocycles. The van der Waals surface area contributed by atoms with Crippen LogP contribution in [0.1, 0.15) is 77.1 Å². The van der Waals surface area contributed by atoms with Crippen molar-refractivity contribution in [2.24, 2.45) is 0 Å². The molecular weight excluding hydrogens is 267 g/mol. The van der Waals surface area contributed by atoms with Gasteiger partial charge in [0.2, 0.25) is 0 Å². The van der Waals surface area contributed by atoms with Crippen LogP contribution in [-0.4, -0.2) is 13.8 Å². The summed E-state index contributed by atoms with van der Waals surface area (Å²) in [5.74, 6) is 1.71. The molecule has 22 heavy (non-hydrogen) atoms. The van der Waals surface area contributed by atoms with Crippen molar-refractivity contribution < 1.29 is 4.74 Å². The Labute approximate surface area is 138 Å². The number of hydrogen-bond donors (Lipinski definition) is 0. The molecule has 2 heteroatoms. The van der Waals surface area contributed by atoms with Crippen LogP contribution in [0.5, 0.6) is 5.75 Å². The van der Waals surface area contributed by atoms with Gasteiger partial charge in [0.25, 0.3) is 0 Å². The van der Waals surface area contributed by atoms with E-state index in [-0.39, 0.29) is 0 Å². The largest absolute Gasteiger partial charge is 0.497 e. The van der Waals surface area contributed by atoms with E-state index in [9.17, 15) is 0 Å². The number of rotatable bonds is 12. The van der Waals surface area contributed by atoms with Crippen LogP contribution in [0.2, 0.25) is 12.6 Å². The Morgan fingerprint density at radius 1 is 0.955 bits per heavy atom. The maximum absolute atomic E-state index is 5.45. The molecule has 1 rings (SSSR count). The summed E-state index contributed by atoms with van der Waals surface area (Å²) >= 11 is 0. The Balaban J connectivity index is 2.93. The maximum Gasteiger partial charge on any atom is 0.148 e. The predicted octanol–water partition coefficient (Wildman–Crippen LogP) is 6.60. The van der Waals surface area contributed by atoms with E-state index in [1.54, 1.807) is 7.11 Å². The fourth-order valence-electron chi connectivity index (χ4n) is 3.45. The van der Waals surface area contributed by atoms with Crippen molar-refractivity contribution >= 4 is 6.71 Å². The minimum Gasteiger partial charge on any atom is -0.497 e. The highest BCUT2D eigenvalue weighted by Crippen LogP contribution is 2.32. The predicted molar refractivity (Wildman–Crippen MR) is 100 cm³/mol. The van der Waals surface area contributed by atoms with Gasteiger partial charge in [-0.05, 0) is 23.5 Å². The molecule has 0 aromatic heterocycles.